The summed E-state index contributed by atoms with van der Waals surface area (Å²) in [6.07, 6.45) is -4.61. The lowest BCUT2D eigenvalue weighted by Gasteiger charge is -2.14. The summed E-state index contributed by atoms with van der Waals surface area (Å²) in [5.41, 5.74) is -0.556. The number of halogens is 3. The summed E-state index contributed by atoms with van der Waals surface area (Å²) in [6.45, 7) is 6.22. The molecule has 0 bridgehead atoms. The van der Waals surface area contributed by atoms with E-state index in [2.05, 4.69) is 9.97 Å². The van der Waals surface area contributed by atoms with Crippen molar-refractivity contribution in [2.45, 2.75) is 33.9 Å². The molecule has 7 nitrogen and oxygen atoms in total. The number of carbonyl (C=O) groups is 2. The van der Waals surface area contributed by atoms with Crippen LogP contribution in [0.1, 0.15) is 51.4 Å². The van der Waals surface area contributed by atoms with Crippen LogP contribution < -0.4 is 5.63 Å². The fourth-order valence-corrected chi connectivity index (χ4v) is 5.86. The number of ether oxygens (including phenoxy) is 1. The molecule has 0 aliphatic carbocycles. The van der Waals surface area contributed by atoms with Crippen LogP contribution in [0, 0.1) is 13.8 Å². The zero-order valence-electron chi connectivity index (χ0n) is 20.6. The minimum absolute atomic E-state index is 0.123. The number of aryl methyl sites for hydroxylation is 2. The van der Waals surface area contributed by atoms with E-state index in [-0.39, 0.29) is 51.0 Å². The molecule has 5 aromatic rings. The monoisotopic (exact) mass is 540 g/mol. The van der Waals surface area contributed by atoms with Crippen molar-refractivity contribution >= 4 is 54.6 Å². The molecule has 1 aromatic carbocycles. The number of Topliss-reactive ketones (excluding diaryl/α,β-unsaturated/α-hetero) is 1. The number of benzene rings is 1. The molecule has 0 unspecified atom stereocenters. The molecular weight excluding hydrogens is 521 g/mol. The average molecular weight is 541 g/mol. The van der Waals surface area contributed by atoms with Crippen molar-refractivity contribution in [2.75, 3.05) is 6.61 Å². The van der Waals surface area contributed by atoms with E-state index in [1.165, 1.54) is 26.0 Å². The smallest absolute Gasteiger partial charge is 0.416 e. The SMILES string of the molecule is CCOC(=O)c1cc(C)nc2sc3c(-c4cccc(C(F)(F)F)c4)c4c(C)c(C(C)=O)c(=O)oc4nc3c12. The highest BCUT2D eigenvalue weighted by Gasteiger charge is 2.32. The van der Waals surface area contributed by atoms with Crippen molar-refractivity contribution < 1.29 is 31.9 Å². The summed E-state index contributed by atoms with van der Waals surface area (Å²) in [7, 11) is 0. The van der Waals surface area contributed by atoms with Gasteiger partial charge in [0.25, 0.3) is 0 Å². The minimum Gasteiger partial charge on any atom is -0.462 e. The van der Waals surface area contributed by atoms with Crippen LogP contribution in [-0.4, -0.2) is 28.3 Å². The molecule has 0 aliphatic rings. The topological polar surface area (TPSA) is 99.4 Å². The molecule has 0 amide bonds. The molecule has 0 saturated heterocycles. The third-order valence-electron chi connectivity index (χ3n) is 6.14. The van der Waals surface area contributed by atoms with Crippen molar-refractivity contribution in [2.24, 2.45) is 0 Å². The highest BCUT2D eigenvalue weighted by Crippen LogP contribution is 2.45. The third kappa shape index (κ3) is 4.03. The van der Waals surface area contributed by atoms with Gasteiger partial charge in [0.1, 0.15) is 10.4 Å². The number of thiophene rings is 1. The van der Waals surface area contributed by atoms with Crippen molar-refractivity contribution in [3.05, 3.63) is 68.7 Å². The lowest BCUT2D eigenvalue weighted by atomic mass is 9.95. The van der Waals surface area contributed by atoms with Gasteiger partial charge >= 0.3 is 17.8 Å². The first kappa shape index (κ1) is 25.5. The van der Waals surface area contributed by atoms with Crippen LogP contribution in [0.3, 0.4) is 0 Å². The Hall–Kier alpha value is -4.12. The summed E-state index contributed by atoms with van der Waals surface area (Å²) in [5, 5.41) is 0.558. The van der Waals surface area contributed by atoms with Gasteiger partial charge in [0.2, 0.25) is 5.71 Å². The molecule has 5 rings (SSSR count). The number of rotatable bonds is 4. The molecule has 0 aliphatic heterocycles. The number of ketones is 1. The molecule has 194 valence electrons. The van der Waals surface area contributed by atoms with Crippen LogP contribution in [0.15, 0.2) is 39.5 Å². The molecule has 0 radical (unpaired) electrons. The van der Waals surface area contributed by atoms with E-state index >= 15 is 0 Å². The predicted octanol–water partition coefficient (Wildman–Crippen LogP) is 6.63. The molecule has 0 atom stereocenters. The van der Waals surface area contributed by atoms with Crippen LogP contribution in [0.25, 0.3) is 42.7 Å². The molecule has 0 spiro atoms. The van der Waals surface area contributed by atoms with Gasteiger partial charge in [-0.3, -0.25) is 4.79 Å². The summed E-state index contributed by atoms with van der Waals surface area (Å²) in [6, 6.07) is 6.25. The Bertz CT molecular complexity index is 1870. The van der Waals surface area contributed by atoms with E-state index in [1.54, 1.807) is 19.9 Å². The Morgan fingerprint density at radius 3 is 2.50 bits per heavy atom. The maximum absolute atomic E-state index is 13.7. The Morgan fingerprint density at radius 2 is 1.84 bits per heavy atom. The molecule has 0 fully saturated rings. The zero-order valence-corrected chi connectivity index (χ0v) is 21.4. The Balaban J connectivity index is 2.04. The lowest BCUT2D eigenvalue weighted by Crippen LogP contribution is -2.15. The molecule has 4 aromatic heterocycles. The zero-order chi connectivity index (χ0) is 27.5. The van der Waals surface area contributed by atoms with E-state index in [9.17, 15) is 27.6 Å². The number of carbonyl (C=O) groups excluding carboxylic acids is 2. The van der Waals surface area contributed by atoms with Crippen molar-refractivity contribution in [3.63, 3.8) is 0 Å². The second-order valence-corrected chi connectivity index (χ2v) is 9.68. The number of hydrogen-bond acceptors (Lipinski definition) is 8. The molecular formula is C27H19F3N2O5S. The van der Waals surface area contributed by atoms with Gasteiger partial charge in [-0.05, 0) is 57.0 Å². The van der Waals surface area contributed by atoms with Crippen LogP contribution in [0.4, 0.5) is 13.2 Å². The first-order valence-corrected chi connectivity index (χ1v) is 12.3. The number of fused-ring (bicyclic) bond motifs is 4. The summed E-state index contributed by atoms with van der Waals surface area (Å²) in [4.78, 5) is 47.3. The first-order valence-electron chi connectivity index (χ1n) is 11.5. The number of pyridine rings is 2. The van der Waals surface area contributed by atoms with Gasteiger partial charge in [0.15, 0.2) is 5.78 Å². The summed E-state index contributed by atoms with van der Waals surface area (Å²) in [5.74, 6) is -1.17. The largest absolute Gasteiger partial charge is 0.462 e. The maximum Gasteiger partial charge on any atom is 0.416 e. The molecule has 38 heavy (non-hydrogen) atoms. The Morgan fingerprint density at radius 1 is 1.11 bits per heavy atom. The van der Waals surface area contributed by atoms with Crippen LogP contribution in [0.2, 0.25) is 0 Å². The predicted molar refractivity (Wildman–Crippen MR) is 137 cm³/mol. The highest BCUT2D eigenvalue weighted by atomic mass is 32.1. The van der Waals surface area contributed by atoms with E-state index in [0.29, 0.717) is 20.6 Å². The van der Waals surface area contributed by atoms with Crippen LogP contribution in [0.5, 0.6) is 0 Å². The van der Waals surface area contributed by atoms with Crippen molar-refractivity contribution in [3.8, 4) is 11.1 Å². The minimum atomic E-state index is -4.61. The van der Waals surface area contributed by atoms with Gasteiger partial charge in [-0.1, -0.05) is 12.1 Å². The number of alkyl halides is 3. The van der Waals surface area contributed by atoms with E-state index < -0.39 is 29.1 Å². The van der Waals surface area contributed by atoms with Crippen molar-refractivity contribution in [1.29, 1.82) is 0 Å². The second kappa shape index (κ2) is 9.02. The van der Waals surface area contributed by atoms with Crippen molar-refractivity contribution in [1.82, 2.24) is 9.97 Å². The van der Waals surface area contributed by atoms with Gasteiger partial charge in [-0.25, -0.2) is 19.6 Å². The number of nitrogens with zero attached hydrogens (tertiary/aromatic N) is 2. The Kier molecular flexibility index (Phi) is 6.06. The van der Waals surface area contributed by atoms with Gasteiger partial charge in [-0.2, -0.15) is 13.2 Å². The van der Waals surface area contributed by atoms with E-state index in [0.717, 1.165) is 23.5 Å². The fraction of sp³-hybridized carbons (Fsp3) is 0.222. The van der Waals surface area contributed by atoms with Gasteiger partial charge in [0, 0.05) is 11.3 Å². The second-order valence-electron chi connectivity index (χ2n) is 8.68. The Labute approximate surface area is 216 Å². The van der Waals surface area contributed by atoms with Gasteiger partial charge < -0.3 is 9.15 Å². The number of hydrogen-bond donors (Lipinski definition) is 0. The maximum atomic E-state index is 13.7. The molecule has 0 saturated carbocycles. The van der Waals surface area contributed by atoms with E-state index in [4.69, 9.17) is 9.15 Å². The van der Waals surface area contributed by atoms with Gasteiger partial charge in [0.05, 0.1) is 38.7 Å². The number of esters is 1. The van der Waals surface area contributed by atoms with E-state index in [1.807, 2.05) is 0 Å². The first-order chi connectivity index (χ1) is 17.9. The van der Waals surface area contributed by atoms with Gasteiger partial charge in [-0.15, -0.1) is 11.3 Å². The van der Waals surface area contributed by atoms with Crippen LogP contribution >= 0.6 is 11.3 Å². The normalized spacial score (nSPS) is 12.0. The van der Waals surface area contributed by atoms with Crippen LogP contribution in [-0.2, 0) is 10.9 Å². The average Bonchev–Trinajstić information content (AvgIpc) is 3.19. The molecule has 11 heteroatoms. The third-order valence-corrected chi connectivity index (χ3v) is 7.23. The summed E-state index contributed by atoms with van der Waals surface area (Å²) >= 11 is 1.13. The number of aromatic nitrogens is 2. The standard InChI is InChI=1S/C27H19F3N2O5S/c1-5-36-25(34)16-9-11(2)31-24-20(16)21-22(38-24)19(14-7-6-8-15(10-14)27(28,29)30)18-12(3)17(13(4)33)26(35)37-23(18)32-21/h6-10H,5H2,1-4H3. The molecule has 0 N–H and O–H groups in total. The highest BCUT2D eigenvalue weighted by molar-refractivity contribution is 7.26. The lowest BCUT2D eigenvalue weighted by molar-refractivity contribution is -0.137. The quantitative estimate of drug-likeness (QED) is 0.186. The molecule has 4 heterocycles. The summed E-state index contributed by atoms with van der Waals surface area (Å²) < 4.78 is 52.1. The fourth-order valence-electron chi connectivity index (χ4n) is 4.60.